The first-order chi connectivity index (χ1) is 10.4. The number of carboxylic acids is 1. The molecule has 1 N–H and O–H groups in total. The second-order valence-corrected chi connectivity index (χ2v) is 6.55. The molecule has 22 heavy (non-hydrogen) atoms. The van der Waals surface area contributed by atoms with Crippen molar-refractivity contribution in [1.29, 1.82) is 0 Å². The van der Waals surface area contributed by atoms with Gasteiger partial charge in [-0.15, -0.1) is 0 Å². The average Bonchev–Trinajstić information content (AvgIpc) is 2.87. The minimum atomic E-state index is -1.05. The molecule has 120 valence electrons. The molecule has 1 amide bonds. The Hall–Kier alpha value is -1.56. The third-order valence-electron chi connectivity index (χ3n) is 4.00. The summed E-state index contributed by atoms with van der Waals surface area (Å²) >= 11 is 3.37. The summed E-state index contributed by atoms with van der Waals surface area (Å²) in [5.74, 6) is -0.289. The fourth-order valence-electron chi connectivity index (χ4n) is 2.69. The van der Waals surface area contributed by atoms with Crippen molar-refractivity contribution in [2.24, 2.45) is 0 Å². The molecule has 0 radical (unpaired) electrons. The topological polar surface area (TPSA) is 66.8 Å². The summed E-state index contributed by atoms with van der Waals surface area (Å²) in [6.45, 7) is 2.58. The van der Waals surface area contributed by atoms with E-state index >= 15 is 0 Å². The van der Waals surface area contributed by atoms with Gasteiger partial charge in [0.15, 0.2) is 0 Å². The molecule has 0 aliphatic carbocycles. The summed E-state index contributed by atoms with van der Waals surface area (Å²) in [5, 5.41) is 9.32. The molecule has 0 aromatic heterocycles. The molecule has 1 aliphatic rings. The van der Waals surface area contributed by atoms with Crippen molar-refractivity contribution in [2.45, 2.75) is 38.1 Å². The Morgan fingerprint density at radius 1 is 1.45 bits per heavy atom. The predicted octanol–water partition coefficient (Wildman–Crippen LogP) is 3.07. The van der Waals surface area contributed by atoms with Crippen LogP contribution in [0, 0.1) is 0 Å². The highest BCUT2D eigenvalue weighted by Crippen LogP contribution is 2.30. The van der Waals surface area contributed by atoms with Crippen molar-refractivity contribution in [2.75, 3.05) is 13.2 Å². The fraction of sp³-hybridized carbons (Fsp3) is 0.500. The number of aliphatic carboxylic acids is 1. The molecule has 0 spiro atoms. The number of ether oxygens (including phenoxy) is 1. The average molecular weight is 370 g/mol. The second kappa shape index (κ2) is 7.13. The van der Waals surface area contributed by atoms with Crippen LogP contribution in [0.5, 0.6) is 5.75 Å². The van der Waals surface area contributed by atoms with Gasteiger partial charge in [0.1, 0.15) is 11.3 Å². The van der Waals surface area contributed by atoms with Gasteiger partial charge in [0.25, 0.3) is 0 Å². The van der Waals surface area contributed by atoms with Crippen LogP contribution in [-0.2, 0) is 9.59 Å². The quantitative estimate of drug-likeness (QED) is 0.782. The van der Waals surface area contributed by atoms with Gasteiger partial charge in [0.05, 0.1) is 6.61 Å². The van der Waals surface area contributed by atoms with E-state index < -0.39 is 11.5 Å². The number of likely N-dealkylation sites (tertiary alicyclic amines) is 1. The van der Waals surface area contributed by atoms with Crippen LogP contribution in [0.2, 0.25) is 0 Å². The van der Waals surface area contributed by atoms with Crippen molar-refractivity contribution in [3.8, 4) is 5.75 Å². The highest BCUT2D eigenvalue weighted by Gasteiger charge is 2.45. The lowest BCUT2D eigenvalue weighted by atomic mass is 9.99. The molecule has 2 rings (SSSR count). The number of hydrogen-bond donors (Lipinski definition) is 1. The monoisotopic (exact) mass is 369 g/mol. The molecule has 1 fully saturated rings. The van der Waals surface area contributed by atoms with Crippen molar-refractivity contribution in [3.05, 3.63) is 28.7 Å². The van der Waals surface area contributed by atoms with E-state index in [0.29, 0.717) is 32.4 Å². The Bertz CT molecular complexity index is 563. The summed E-state index contributed by atoms with van der Waals surface area (Å²) in [7, 11) is 0. The number of benzene rings is 1. The first-order valence-corrected chi connectivity index (χ1v) is 8.15. The lowest BCUT2D eigenvalue weighted by Gasteiger charge is -2.31. The number of amides is 1. The molecule has 0 saturated carbocycles. The van der Waals surface area contributed by atoms with E-state index in [4.69, 9.17) is 4.74 Å². The summed E-state index contributed by atoms with van der Waals surface area (Å²) in [5.41, 5.74) is -1.05. The van der Waals surface area contributed by atoms with E-state index in [1.807, 2.05) is 24.3 Å². The van der Waals surface area contributed by atoms with Gasteiger partial charge in [-0.05, 0) is 44.4 Å². The number of rotatable bonds is 6. The smallest absolute Gasteiger partial charge is 0.329 e. The zero-order chi connectivity index (χ0) is 16.2. The van der Waals surface area contributed by atoms with Crippen LogP contribution < -0.4 is 4.74 Å². The van der Waals surface area contributed by atoms with Crippen LogP contribution in [0.3, 0.4) is 0 Å². The number of carboxylic acid groups (broad SMARTS) is 1. The highest BCUT2D eigenvalue weighted by atomic mass is 79.9. The van der Waals surface area contributed by atoms with Crippen LogP contribution in [0.25, 0.3) is 0 Å². The van der Waals surface area contributed by atoms with E-state index in [-0.39, 0.29) is 5.91 Å². The Balaban J connectivity index is 1.79. The number of halogens is 1. The SMILES string of the molecule is CC1(C(=O)O)CCCN1C(=O)CCCOc1cccc(Br)c1. The first kappa shape index (κ1) is 16.8. The van der Waals surface area contributed by atoms with Crippen molar-refractivity contribution < 1.29 is 19.4 Å². The minimum absolute atomic E-state index is 0.111. The maximum atomic E-state index is 12.2. The summed E-state index contributed by atoms with van der Waals surface area (Å²) in [6, 6.07) is 7.52. The Labute approximate surface area is 138 Å². The predicted molar refractivity (Wildman–Crippen MR) is 85.9 cm³/mol. The molecule has 1 aromatic rings. The fourth-order valence-corrected chi connectivity index (χ4v) is 3.07. The van der Waals surface area contributed by atoms with E-state index in [9.17, 15) is 14.7 Å². The third kappa shape index (κ3) is 3.80. The molecular formula is C16H20BrNO4. The number of nitrogens with zero attached hydrogens (tertiary/aromatic N) is 1. The van der Waals surface area contributed by atoms with Crippen molar-refractivity contribution in [3.63, 3.8) is 0 Å². The van der Waals surface area contributed by atoms with Crippen LogP contribution in [0.4, 0.5) is 0 Å². The largest absolute Gasteiger partial charge is 0.494 e. The zero-order valence-corrected chi connectivity index (χ0v) is 14.1. The summed E-state index contributed by atoms with van der Waals surface area (Å²) < 4.78 is 6.52. The van der Waals surface area contributed by atoms with Gasteiger partial charge in [0, 0.05) is 17.4 Å². The molecule has 5 nitrogen and oxygen atoms in total. The van der Waals surface area contributed by atoms with Gasteiger partial charge < -0.3 is 14.7 Å². The molecule has 1 unspecified atom stereocenters. The molecule has 6 heteroatoms. The highest BCUT2D eigenvalue weighted by molar-refractivity contribution is 9.10. The van der Waals surface area contributed by atoms with E-state index in [1.165, 1.54) is 4.90 Å². The third-order valence-corrected chi connectivity index (χ3v) is 4.50. The Kier molecular flexibility index (Phi) is 5.45. The summed E-state index contributed by atoms with van der Waals surface area (Å²) in [4.78, 5) is 25.1. The second-order valence-electron chi connectivity index (χ2n) is 5.64. The van der Waals surface area contributed by atoms with Gasteiger partial charge in [-0.25, -0.2) is 4.79 Å². The van der Waals surface area contributed by atoms with Gasteiger partial charge in [-0.2, -0.15) is 0 Å². The van der Waals surface area contributed by atoms with Gasteiger partial charge in [-0.3, -0.25) is 4.79 Å². The van der Waals surface area contributed by atoms with E-state index in [2.05, 4.69) is 15.9 Å². The first-order valence-electron chi connectivity index (χ1n) is 7.36. The zero-order valence-electron chi connectivity index (χ0n) is 12.5. The molecule has 1 atom stereocenters. The minimum Gasteiger partial charge on any atom is -0.494 e. The maximum absolute atomic E-state index is 12.2. The molecule has 1 saturated heterocycles. The van der Waals surface area contributed by atoms with Crippen molar-refractivity contribution in [1.82, 2.24) is 4.90 Å². The Morgan fingerprint density at radius 2 is 2.23 bits per heavy atom. The van der Waals surface area contributed by atoms with Gasteiger partial charge in [-0.1, -0.05) is 22.0 Å². The van der Waals surface area contributed by atoms with E-state index in [1.54, 1.807) is 6.92 Å². The molecule has 1 aliphatic heterocycles. The standard InChI is InChI=1S/C16H20BrNO4/c1-16(15(20)21)8-4-9-18(16)14(19)7-3-10-22-13-6-2-5-12(17)11-13/h2,5-6,11H,3-4,7-10H2,1H3,(H,20,21). The van der Waals surface area contributed by atoms with Crippen LogP contribution in [-0.4, -0.2) is 40.6 Å². The summed E-state index contributed by atoms with van der Waals surface area (Å²) in [6.07, 6.45) is 2.13. The molecule has 1 heterocycles. The normalized spacial score (nSPS) is 20.9. The van der Waals surface area contributed by atoms with Gasteiger partial charge in [0.2, 0.25) is 5.91 Å². The van der Waals surface area contributed by atoms with Crippen LogP contribution in [0.1, 0.15) is 32.6 Å². The Morgan fingerprint density at radius 3 is 2.91 bits per heavy atom. The van der Waals surface area contributed by atoms with Crippen LogP contribution in [0.15, 0.2) is 28.7 Å². The molecule has 0 bridgehead atoms. The number of carbonyl (C=O) groups excluding carboxylic acids is 1. The molecule has 1 aromatic carbocycles. The lowest BCUT2D eigenvalue weighted by Crippen LogP contribution is -2.50. The van der Waals surface area contributed by atoms with E-state index in [0.717, 1.165) is 16.6 Å². The van der Waals surface area contributed by atoms with Crippen LogP contribution >= 0.6 is 15.9 Å². The maximum Gasteiger partial charge on any atom is 0.329 e. The number of carbonyl (C=O) groups is 2. The lowest BCUT2D eigenvalue weighted by molar-refractivity contribution is -0.155. The molecular weight excluding hydrogens is 350 g/mol. The van der Waals surface area contributed by atoms with Gasteiger partial charge >= 0.3 is 5.97 Å². The van der Waals surface area contributed by atoms with Crippen molar-refractivity contribution >= 4 is 27.8 Å². The number of hydrogen-bond acceptors (Lipinski definition) is 3.